The summed E-state index contributed by atoms with van der Waals surface area (Å²) in [4.78, 5) is 31.4. The van der Waals surface area contributed by atoms with Gasteiger partial charge in [0.25, 0.3) is 0 Å². The number of nitrogens with one attached hydrogen (secondary N) is 4. The van der Waals surface area contributed by atoms with E-state index in [-0.39, 0.29) is 6.03 Å². The molecule has 1 aromatic heterocycles. The molecule has 0 aliphatic carbocycles. The number of fused-ring (bicyclic) bond motifs is 6. The number of hydrogen-bond donors (Lipinski definition) is 5. The molecule has 5 rings (SSSR count). The summed E-state index contributed by atoms with van der Waals surface area (Å²) in [5.41, 5.74) is 3.10. The fraction of sp³-hybridized carbons (Fsp3) is 0.143. The molecule has 0 saturated carbocycles. The van der Waals surface area contributed by atoms with Crippen LogP contribution in [-0.2, 0) is 11.3 Å². The molecule has 0 saturated heterocycles. The number of rotatable bonds is 3. The first-order chi connectivity index (χ1) is 20.5. The summed E-state index contributed by atoms with van der Waals surface area (Å²) in [6.07, 6.45) is -3.55. The Balaban J connectivity index is 0.000000541. The molecular weight excluding hydrogens is 609 g/mol. The fourth-order valence-corrected chi connectivity index (χ4v) is 4.47. The maximum Gasteiger partial charge on any atom is 0.490 e. The molecule has 5 N–H and O–H groups in total. The van der Waals surface area contributed by atoms with Crippen LogP contribution in [0.3, 0.4) is 0 Å². The van der Waals surface area contributed by atoms with Crippen molar-refractivity contribution in [3.63, 3.8) is 0 Å². The minimum atomic E-state index is -5.08. The maximum atomic E-state index is 12.5. The van der Waals surface area contributed by atoms with E-state index in [2.05, 4.69) is 31.2 Å². The Labute approximate surface area is 253 Å². The van der Waals surface area contributed by atoms with E-state index in [0.717, 1.165) is 21.9 Å². The van der Waals surface area contributed by atoms with E-state index < -0.39 is 12.1 Å². The van der Waals surface area contributed by atoms with Crippen molar-refractivity contribution in [1.29, 1.82) is 0 Å². The number of thioether (sulfide) groups is 1. The van der Waals surface area contributed by atoms with E-state index in [1.807, 2.05) is 60.7 Å². The zero-order valence-electron chi connectivity index (χ0n) is 22.1. The topological polar surface area (TPSA) is 138 Å². The molecule has 4 aromatic rings. The lowest BCUT2D eigenvalue weighted by Crippen LogP contribution is -2.28. The normalized spacial score (nSPS) is 12.4. The minimum Gasteiger partial charge on any atom is -0.493 e. The fourth-order valence-electron chi connectivity index (χ4n) is 3.54. The average Bonchev–Trinajstić information content (AvgIpc) is 2.96. The molecule has 15 heteroatoms. The molecule has 0 fully saturated rings. The first-order valence-electron chi connectivity index (χ1n) is 12.5. The molecule has 1 aliphatic rings. The van der Waals surface area contributed by atoms with Crippen LogP contribution in [0.1, 0.15) is 5.56 Å². The van der Waals surface area contributed by atoms with Crippen molar-refractivity contribution >= 4 is 64.2 Å². The number of carbonyl (C=O) groups is 2. The number of halogens is 4. The molecule has 0 atom stereocenters. The molecule has 3 aromatic carbocycles. The lowest BCUT2D eigenvalue weighted by molar-refractivity contribution is -0.192. The number of carboxylic acids is 1. The Bertz CT molecular complexity index is 1580. The summed E-state index contributed by atoms with van der Waals surface area (Å²) in [5.74, 6) is -0.575. The largest absolute Gasteiger partial charge is 0.493 e. The van der Waals surface area contributed by atoms with Gasteiger partial charge >= 0.3 is 18.2 Å². The molecule has 43 heavy (non-hydrogen) atoms. The Kier molecular flexibility index (Phi) is 10.5. The van der Waals surface area contributed by atoms with Gasteiger partial charge in [-0.2, -0.15) is 18.2 Å². The molecule has 224 valence electrons. The van der Waals surface area contributed by atoms with Crippen LogP contribution < -0.4 is 26.0 Å². The molecule has 0 radical (unpaired) electrons. The Morgan fingerprint density at radius 1 is 1.02 bits per heavy atom. The van der Waals surface area contributed by atoms with Crippen molar-refractivity contribution < 1.29 is 32.6 Å². The van der Waals surface area contributed by atoms with Gasteiger partial charge in [0.05, 0.1) is 12.8 Å². The van der Waals surface area contributed by atoms with Crippen LogP contribution in [0.2, 0.25) is 5.02 Å². The molecule has 6 bridgehead atoms. The van der Waals surface area contributed by atoms with Gasteiger partial charge in [0.2, 0.25) is 5.95 Å². The predicted molar refractivity (Wildman–Crippen MR) is 159 cm³/mol. The molecule has 2 amide bonds. The van der Waals surface area contributed by atoms with Crippen molar-refractivity contribution in [1.82, 2.24) is 15.3 Å². The highest BCUT2D eigenvalue weighted by Crippen LogP contribution is 2.30. The molecule has 2 heterocycles. The number of carbonyl (C=O) groups excluding carboxylic acids is 1. The molecule has 0 unspecified atom stereocenters. The van der Waals surface area contributed by atoms with Crippen LogP contribution in [0.25, 0.3) is 0 Å². The monoisotopic (exact) mass is 632 g/mol. The van der Waals surface area contributed by atoms with Crippen LogP contribution in [0.15, 0.2) is 83.9 Å². The predicted octanol–water partition coefficient (Wildman–Crippen LogP) is 7.06. The van der Waals surface area contributed by atoms with Gasteiger partial charge in [-0.05, 0) is 29.8 Å². The summed E-state index contributed by atoms with van der Waals surface area (Å²) in [6.45, 7) is 0.905. The molecular formula is C28H24ClF3N6O4S. The zero-order chi connectivity index (χ0) is 30.8. The van der Waals surface area contributed by atoms with E-state index in [1.165, 1.54) is 6.20 Å². The minimum absolute atomic E-state index is 0.322. The van der Waals surface area contributed by atoms with Crippen LogP contribution in [0, 0.1) is 0 Å². The number of carboxylic acid groups (broad SMARTS) is 1. The van der Waals surface area contributed by atoms with Gasteiger partial charge in [0.1, 0.15) is 10.8 Å². The van der Waals surface area contributed by atoms with Crippen LogP contribution in [0.5, 0.6) is 5.75 Å². The van der Waals surface area contributed by atoms with Gasteiger partial charge in [0.15, 0.2) is 5.82 Å². The number of amides is 2. The number of nitrogens with zero attached hydrogens (tertiary/aromatic N) is 2. The van der Waals surface area contributed by atoms with E-state index in [4.69, 9.17) is 26.2 Å². The summed E-state index contributed by atoms with van der Waals surface area (Å²) < 4.78 is 37.7. The number of ether oxygens (including phenoxy) is 1. The first kappa shape index (κ1) is 31.3. The third-order valence-corrected chi connectivity index (χ3v) is 6.66. The quantitative estimate of drug-likeness (QED) is 0.161. The third kappa shape index (κ3) is 9.97. The summed E-state index contributed by atoms with van der Waals surface area (Å²) in [7, 11) is 0. The Hall–Kier alpha value is -4.69. The van der Waals surface area contributed by atoms with Gasteiger partial charge in [-0.1, -0.05) is 48.0 Å². The maximum absolute atomic E-state index is 12.5. The van der Waals surface area contributed by atoms with E-state index in [0.29, 0.717) is 47.1 Å². The number of anilines is 5. The number of benzene rings is 3. The van der Waals surface area contributed by atoms with Crippen molar-refractivity contribution in [2.75, 3.05) is 28.3 Å². The van der Waals surface area contributed by atoms with Crippen molar-refractivity contribution in [2.45, 2.75) is 17.6 Å². The number of alkyl halides is 3. The van der Waals surface area contributed by atoms with Crippen LogP contribution >= 0.6 is 23.4 Å². The van der Waals surface area contributed by atoms with Gasteiger partial charge in [-0.25, -0.2) is 14.6 Å². The highest BCUT2D eigenvalue weighted by Gasteiger charge is 2.38. The van der Waals surface area contributed by atoms with Crippen LogP contribution in [-0.4, -0.2) is 45.6 Å². The lowest BCUT2D eigenvalue weighted by atomic mass is 10.2. The van der Waals surface area contributed by atoms with Gasteiger partial charge in [-0.15, -0.1) is 11.8 Å². The SMILES string of the molecule is O=C(NCc1ccccc1)Nc1cc2cc(c1)OCCSc1cccc(c1)Nc1nc(ncc1Cl)N2.O=C(O)C(F)(F)F. The number of aromatic nitrogens is 2. The van der Waals surface area contributed by atoms with E-state index in [1.54, 1.807) is 23.9 Å². The van der Waals surface area contributed by atoms with Crippen molar-refractivity contribution in [3.05, 3.63) is 89.6 Å². The van der Waals surface area contributed by atoms with Gasteiger partial charge in [0, 0.05) is 46.4 Å². The van der Waals surface area contributed by atoms with E-state index >= 15 is 0 Å². The second kappa shape index (κ2) is 14.5. The smallest absolute Gasteiger partial charge is 0.490 e. The Morgan fingerprint density at radius 2 is 1.79 bits per heavy atom. The molecule has 1 aliphatic heterocycles. The summed E-state index contributed by atoms with van der Waals surface area (Å²) >= 11 is 8.03. The van der Waals surface area contributed by atoms with Crippen molar-refractivity contribution in [3.8, 4) is 5.75 Å². The lowest BCUT2D eigenvalue weighted by Gasteiger charge is -2.14. The first-order valence-corrected chi connectivity index (χ1v) is 13.9. The second-order valence-electron chi connectivity index (χ2n) is 8.71. The highest BCUT2D eigenvalue weighted by molar-refractivity contribution is 7.99. The van der Waals surface area contributed by atoms with Gasteiger partial charge in [-0.3, -0.25) is 0 Å². The zero-order valence-corrected chi connectivity index (χ0v) is 23.7. The molecule has 0 spiro atoms. The second-order valence-corrected chi connectivity index (χ2v) is 10.3. The number of aliphatic carboxylic acids is 1. The third-order valence-electron chi connectivity index (χ3n) is 5.42. The van der Waals surface area contributed by atoms with Crippen LogP contribution in [0.4, 0.5) is 46.8 Å². The van der Waals surface area contributed by atoms with Gasteiger partial charge < -0.3 is 31.1 Å². The summed E-state index contributed by atoms with van der Waals surface area (Å²) in [5, 5.41) is 19.7. The van der Waals surface area contributed by atoms with E-state index in [9.17, 15) is 18.0 Å². The molecule has 10 nitrogen and oxygen atoms in total. The standard InChI is InChI=1S/C26H23ClN6O2S.C2HF3O2/c27-23-16-28-25-31-19-11-20(32-26(34)29-15-17-5-2-1-3-6-17)13-21(12-19)35-9-10-36-22-8-4-7-18(14-22)30-24(23)33-25;3-2(4,5)1(6)7/h1-8,11-14,16H,9-10,15H2,(H2,29,32,34)(H2,28,30,31,33);(H,6,7). The number of urea groups is 1. The van der Waals surface area contributed by atoms with Crippen molar-refractivity contribution in [2.24, 2.45) is 0 Å². The Morgan fingerprint density at radius 3 is 2.53 bits per heavy atom. The summed E-state index contributed by atoms with van der Waals surface area (Å²) in [6, 6.07) is 22.8. The highest BCUT2D eigenvalue weighted by atomic mass is 35.5. The number of hydrogen-bond acceptors (Lipinski definition) is 8. The average molecular weight is 633 g/mol.